The van der Waals surface area contributed by atoms with Crippen LogP contribution in [0, 0.1) is 0 Å². The Balaban J connectivity index is 0. The molecule has 82 valence electrons. The van der Waals surface area contributed by atoms with Crippen LogP contribution in [0.1, 0.15) is 25.8 Å². The van der Waals surface area contributed by atoms with Gasteiger partial charge in [0.2, 0.25) is 0 Å². The third kappa shape index (κ3) is 15.2. The Hall–Kier alpha value is -1.56. The molecule has 0 unspecified atom stereocenters. The highest BCUT2D eigenvalue weighted by molar-refractivity contribution is 5.45. The summed E-state index contributed by atoms with van der Waals surface area (Å²) in [4.78, 5) is 0. The molecule has 15 heavy (non-hydrogen) atoms. The van der Waals surface area contributed by atoms with E-state index in [1.807, 2.05) is 49.4 Å². The SMILES string of the molecule is C=CC.C=CCC.C=Cc1ccccc1. The van der Waals surface area contributed by atoms with E-state index in [4.69, 9.17) is 0 Å². The van der Waals surface area contributed by atoms with E-state index in [9.17, 15) is 0 Å². The Kier molecular flexibility index (Phi) is 15.8. The van der Waals surface area contributed by atoms with E-state index in [2.05, 4.69) is 26.7 Å². The summed E-state index contributed by atoms with van der Waals surface area (Å²) >= 11 is 0. The Labute approximate surface area is 94.7 Å². The molecular formula is C15H22. The van der Waals surface area contributed by atoms with Crippen molar-refractivity contribution in [2.45, 2.75) is 20.3 Å². The predicted molar refractivity (Wildman–Crippen MR) is 72.9 cm³/mol. The smallest absolute Gasteiger partial charge is 0.0263 e. The quantitative estimate of drug-likeness (QED) is 0.585. The van der Waals surface area contributed by atoms with Crippen LogP contribution in [0.15, 0.2) is 62.2 Å². The fourth-order valence-corrected chi connectivity index (χ4v) is 0.589. The summed E-state index contributed by atoms with van der Waals surface area (Å²) in [5, 5.41) is 0. The summed E-state index contributed by atoms with van der Waals surface area (Å²) in [6.07, 6.45) is 6.54. The zero-order valence-corrected chi connectivity index (χ0v) is 9.95. The zero-order valence-electron chi connectivity index (χ0n) is 9.95. The second-order valence-corrected chi connectivity index (χ2v) is 2.72. The maximum atomic E-state index is 3.63. The van der Waals surface area contributed by atoms with Crippen LogP contribution in [0.2, 0.25) is 0 Å². The molecule has 0 fully saturated rings. The van der Waals surface area contributed by atoms with Gasteiger partial charge in [-0.15, -0.1) is 13.2 Å². The molecule has 0 spiro atoms. The number of hydrogen-bond acceptors (Lipinski definition) is 0. The largest absolute Gasteiger partial charge is 0.103 e. The lowest BCUT2D eigenvalue weighted by Gasteiger charge is -1.85. The minimum atomic E-state index is 1.08. The Morgan fingerprint density at radius 1 is 1.07 bits per heavy atom. The van der Waals surface area contributed by atoms with Gasteiger partial charge in [0.1, 0.15) is 0 Å². The molecule has 0 atom stereocenters. The molecule has 0 saturated heterocycles. The van der Waals surface area contributed by atoms with Crippen molar-refractivity contribution in [3.63, 3.8) is 0 Å². The Bertz CT molecular complexity index is 244. The topological polar surface area (TPSA) is 0 Å². The van der Waals surface area contributed by atoms with Crippen molar-refractivity contribution in [3.05, 3.63) is 67.8 Å². The molecule has 0 amide bonds. The Morgan fingerprint density at radius 2 is 1.47 bits per heavy atom. The van der Waals surface area contributed by atoms with Crippen molar-refractivity contribution in [3.8, 4) is 0 Å². The summed E-state index contributed by atoms with van der Waals surface area (Å²) in [5.74, 6) is 0. The van der Waals surface area contributed by atoms with Crippen molar-refractivity contribution in [2.24, 2.45) is 0 Å². The molecule has 0 saturated carbocycles. The van der Waals surface area contributed by atoms with E-state index in [0.717, 1.165) is 6.42 Å². The molecule has 0 aliphatic rings. The number of benzene rings is 1. The van der Waals surface area contributed by atoms with Crippen molar-refractivity contribution >= 4 is 6.08 Å². The standard InChI is InChI=1S/C8H8.C4H8.C3H6/c1-2-8-6-4-3-5-7-8;1-3-4-2;1-3-2/h2-7H,1H2;3H,1,4H2,2H3;3H,1H2,2H3. The van der Waals surface area contributed by atoms with Crippen LogP contribution >= 0.6 is 0 Å². The minimum Gasteiger partial charge on any atom is -0.103 e. The molecule has 0 bridgehead atoms. The van der Waals surface area contributed by atoms with Crippen LogP contribution in [0.4, 0.5) is 0 Å². The van der Waals surface area contributed by atoms with Crippen molar-refractivity contribution < 1.29 is 0 Å². The molecule has 1 aromatic rings. The van der Waals surface area contributed by atoms with Crippen LogP contribution in [-0.4, -0.2) is 0 Å². The first-order valence-electron chi connectivity index (χ1n) is 5.12. The minimum absolute atomic E-state index is 1.08. The van der Waals surface area contributed by atoms with Gasteiger partial charge in [0.15, 0.2) is 0 Å². The lowest BCUT2D eigenvalue weighted by molar-refractivity contribution is 1.23. The van der Waals surface area contributed by atoms with E-state index in [-0.39, 0.29) is 0 Å². The molecule has 0 heterocycles. The van der Waals surface area contributed by atoms with Gasteiger partial charge in [-0.1, -0.05) is 62.1 Å². The van der Waals surface area contributed by atoms with Gasteiger partial charge in [0, 0.05) is 0 Å². The average Bonchev–Trinajstić information content (AvgIpc) is 2.31. The first kappa shape index (κ1) is 15.9. The molecule has 0 aromatic heterocycles. The first-order valence-corrected chi connectivity index (χ1v) is 5.12. The monoisotopic (exact) mass is 202 g/mol. The van der Waals surface area contributed by atoms with E-state index >= 15 is 0 Å². The van der Waals surface area contributed by atoms with Crippen molar-refractivity contribution in [1.29, 1.82) is 0 Å². The molecule has 1 aromatic carbocycles. The molecule has 1 rings (SSSR count). The van der Waals surface area contributed by atoms with E-state index < -0.39 is 0 Å². The van der Waals surface area contributed by atoms with Crippen molar-refractivity contribution in [1.82, 2.24) is 0 Å². The van der Waals surface area contributed by atoms with Gasteiger partial charge in [-0.3, -0.25) is 0 Å². The van der Waals surface area contributed by atoms with Gasteiger partial charge < -0.3 is 0 Å². The van der Waals surface area contributed by atoms with Crippen LogP contribution in [0.5, 0.6) is 0 Å². The summed E-state index contributed by atoms with van der Waals surface area (Å²) in [7, 11) is 0. The maximum absolute atomic E-state index is 3.63. The third-order valence-corrected chi connectivity index (χ3v) is 1.32. The lowest BCUT2D eigenvalue weighted by Crippen LogP contribution is -1.63. The highest BCUT2D eigenvalue weighted by Gasteiger charge is 1.75. The fraction of sp³-hybridized carbons (Fsp3) is 0.200. The average molecular weight is 202 g/mol. The van der Waals surface area contributed by atoms with Gasteiger partial charge >= 0.3 is 0 Å². The van der Waals surface area contributed by atoms with E-state index in [0.29, 0.717) is 0 Å². The van der Waals surface area contributed by atoms with Crippen LogP contribution in [-0.2, 0) is 0 Å². The van der Waals surface area contributed by atoms with Crippen LogP contribution in [0.25, 0.3) is 6.08 Å². The summed E-state index contributed by atoms with van der Waals surface area (Å²) in [5.41, 5.74) is 1.17. The van der Waals surface area contributed by atoms with Gasteiger partial charge in [-0.2, -0.15) is 0 Å². The van der Waals surface area contributed by atoms with Crippen molar-refractivity contribution in [2.75, 3.05) is 0 Å². The van der Waals surface area contributed by atoms with E-state index in [1.165, 1.54) is 5.56 Å². The third-order valence-electron chi connectivity index (χ3n) is 1.32. The second-order valence-electron chi connectivity index (χ2n) is 2.72. The zero-order chi connectivity index (χ0) is 11.9. The van der Waals surface area contributed by atoms with Gasteiger partial charge in [0.05, 0.1) is 0 Å². The fourth-order valence-electron chi connectivity index (χ4n) is 0.589. The molecule has 0 radical (unpaired) electrons. The first-order chi connectivity index (χ1) is 7.26. The summed E-state index contributed by atoms with van der Waals surface area (Å²) in [6, 6.07) is 10.0. The normalized spacial score (nSPS) is 7.07. The van der Waals surface area contributed by atoms with E-state index in [1.54, 1.807) is 6.08 Å². The van der Waals surface area contributed by atoms with Crippen LogP contribution < -0.4 is 0 Å². The summed E-state index contributed by atoms with van der Waals surface area (Å²) < 4.78 is 0. The molecular weight excluding hydrogens is 180 g/mol. The van der Waals surface area contributed by atoms with Gasteiger partial charge in [-0.05, 0) is 18.9 Å². The highest BCUT2D eigenvalue weighted by atomic mass is 13.8. The molecule has 0 aliphatic carbocycles. The number of hydrogen-bond donors (Lipinski definition) is 0. The molecule has 0 nitrogen and oxygen atoms in total. The molecule has 0 aliphatic heterocycles. The molecule has 0 heteroatoms. The highest BCUT2D eigenvalue weighted by Crippen LogP contribution is 1.97. The lowest BCUT2D eigenvalue weighted by atomic mass is 10.2. The molecule has 0 N–H and O–H groups in total. The number of allylic oxidation sites excluding steroid dienone is 2. The number of rotatable bonds is 2. The predicted octanol–water partition coefficient (Wildman–Crippen LogP) is 5.10. The van der Waals surface area contributed by atoms with Gasteiger partial charge in [-0.25, -0.2) is 0 Å². The maximum Gasteiger partial charge on any atom is -0.0263 e. The van der Waals surface area contributed by atoms with Gasteiger partial charge in [0.25, 0.3) is 0 Å². The summed E-state index contributed by atoms with van der Waals surface area (Å²) in [6.45, 7) is 14.4. The second kappa shape index (κ2) is 14.9. The Morgan fingerprint density at radius 3 is 1.67 bits per heavy atom. The van der Waals surface area contributed by atoms with Crippen LogP contribution in [0.3, 0.4) is 0 Å².